The highest BCUT2D eigenvalue weighted by molar-refractivity contribution is 7.09. The molecule has 2 aromatic rings. The van der Waals surface area contributed by atoms with E-state index in [1.807, 2.05) is 12.1 Å². The van der Waals surface area contributed by atoms with Crippen LogP contribution in [0.25, 0.3) is 0 Å². The van der Waals surface area contributed by atoms with E-state index in [1.165, 1.54) is 10.6 Å². The number of ether oxygens (including phenoxy) is 1. The molecule has 0 amide bonds. The quantitative estimate of drug-likeness (QED) is 0.896. The number of rotatable bonds is 5. The summed E-state index contributed by atoms with van der Waals surface area (Å²) in [6.45, 7) is 7.94. The van der Waals surface area contributed by atoms with Crippen molar-refractivity contribution in [3.8, 4) is 0 Å². The first-order valence-electron chi connectivity index (χ1n) is 6.76. The van der Waals surface area contributed by atoms with E-state index in [2.05, 4.69) is 43.6 Å². The predicted octanol–water partition coefficient (Wildman–Crippen LogP) is 4.20. The number of hydrogen-bond acceptors (Lipinski definition) is 4. The second-order valence-electron chi connectivity index (χ2n) is 5.84. The first kappa shape index (κ1) is 15.0. The second-order valence-corrected chi connectivity index (χ2v) is 6.70. The molecule has 0 unspecified atom stereocenters. The molecular weight excluding hydrogens is 268 g/mol. The standard InChI is InChI=1S/C16H22N2OS/c1-16(2,3)15-18-13(11-20-15)9-17-14-8-6-5-7-12(14)10-19-4/h5-8,11,17H,9-10H2,1-4H3. The number of benzene rings is 1. The van der Waals surface area contributed by atoms with Crippen molar-refractivity contribution in [2.24, 2.45) is 0 Å². The van der Waals surface area contributed by atoms with Gasteiger partial charge in [-0.2, -0.15) is 0 Å². The molecule has 1 aromatic carbocycles. The first-order chi connectivity index (χ1) is 9.50. The monoisotopic (exact) mass is 290 g/mol. The lowest BCUT2D eigenvalue weighted by Crippen LogP contribution is -2.11. The topological polar surface area (TPSA) is 34.1 Å². The van der Waals surface area contributed by atoms with Crippen LogP contribution in [0.3, 0.4) is 0 Å². The third-order valence-corrected chi connectivity index (χ3v) is 4.29. The lowest BCUT2D eigenvalue weighted by molar-refractivity contribution is 0.185. The van der Waals surface area contributed by atoms with Gasteiger partial charge in [-0.25, -0.2) is 4.98 Å². The molecule has 3 nitrogen and oxygen atoms in total. The Hall–Kier alpha value is -1.39. The smallest absolute Gasteiger partial charge is 0.0982 e. The van der Waals surface area contributed by atoms with Crippen molar-refractivity contribution in [2.45, 2.75) is 39.3 Å². The fraction of sp³-hybridized carbons (Fsp3) is 0.438. The molecule has 1 aromatic heterocycles. The normalized spacial score (nSPS) is 11.6. The van der Waals surface area contributed by atoms with Gasteiger partial charge in [0.2, 0.25) is 0 Å². The number of methoxy groups -OCH3 is 1. The van der Waals surface area contributed by atoms with Crippen molar-refractivity contribution in [1.29, 1.82) is 0 Å². The van der Waals surface area contributed by atoms with Crippen molar-refractivity contribution in [3.63, 3.8) is 0 Å². The Morgan fingerprint density at radius 1 is 1.25 bits per heavy atom. The predicted molar refractivity (Wildman–Crippen MR) is 85.3 cm³/mol. The van der Waals surface area contributed by atoms with Crippen LogP contribution in [-0.2, 0) is 23.3 Å². The molecular formula is C16H22N2OS. The molecule has 0 spiro atoms. The van der Waals surface area contributed by atoms with E-state index in [-0.39, 0.29) is 5.41 Å². The highest BCUT2D eigenvalue weighted by Gasteiger charge is 2.17. The summed E-state index contributed by atoms with van der Waals surface area (Å²) in [5.74, 6) is 0. The number of nitrogens with one attached hydrogen (secondary N) is 1. The SMILES string of the molecule is COCc1ccccc1NCc1csc(C(C)(C)C)n1. The summed E-state index contributed by atoms with van der Waals surface area (Å²) in [7, 11) is 1.72. The van der Waals surface area contributed by atoms with Crippen LogP contribution < -0.4 is 5.32 Å². The number of thiazole rings is 1. The fourth-order valence-corrected chi connectivity index (χ4v) is 2.80. The first-order valence-corrected chi connectivity index (χ1v) is 7.64. The zero-order chi connectivity index (χ0) is 14.6. The van der Waals surface area contributed by atoms with Crippen molar-refractivity contribution < 1.29 is 4.74 Å². The minimum Gasteiger partial charge on any atom is -0.380 e. The summed E-state index contributed by atoms with van der Waals surface area (Å²) < 4.78 is 5.22. The lowest BCUT2D eigenvalue weighted by atomic mass is 9.98. The molecule has 1 N–H and O–H groups in total. The molecule has 20 heavy (non-hydrogen) atoms. The Labute approximate surface area is 125 Å². The lowest BCUT2D eigenvalue weighted by Gasteiger charge is -2.14. The van der Waals surface area contributed by atoms with Crippen molar-refractivity contribution >= 4 is 17.0 Å². The van der Waals surface area contributed by atoms with Crippen molar-refractivity contribution in [2.75, 3.05) is 12.4 Å². The highest BCUT2D eigenvalue weighted by Crippen LogP contribution is 2.26. The van der Waals surface area contributed by atoms with E-state index < -0.39 is 0 Å². The van der Waals surface area contributed by atoms with Gasteiger partial charge in [0.15, 0.2) is 0 Å². The summed E-state index contributed by atoms with van der Waals surface area (Å²) in [6, 6.07) is 8.21. The average Bonchev–Trinajstić information content (AvgIpc) is 2.87. The third kappa shape index (κ3) is 3.81. The Bertz CT molecular complexity index is 558. The minimum absolute atomic E-state index is 0.122. The molecule has 0 aliphatic rings. The van der Waals surface area contributed by atoms with E-state index in [1.54, 1.807) is 18.4 Å². The Balaban J connectivity index is 2.04. The van der Waals surface area contributed by atoms with Gasteiger partial charge < -0.3 is 10.1 Å². The number of aromatic nitrogens is 1. The van der Waals surface area contributed by atoms with Crippen molar-refractivity contribution in [3.05, 3.63) is 45.9 Å². The maximum atomic E-state index is 5.22. The van der Waals surface area contributed by atoms with Gasteiger partial charge >= 0.3 is 0 Å². The molecule has 0 radical (unpaired) electrons. The minimum atomic E-state index is 0.122. The van der Waals surface area contributed by atoms with Crippen LogP contribution in [0.5, 0.6) is 0 Å². The molecule has 0 saturated carbocycles. The van der Waals surface area contributed by atoms with Gasteiger partial charge in [-0.3, -0.25) is 0 Å². The van der Waals surface area contributed by atoms with Gasteiger partial charge in [0.1, 0.15) is 0 Å². The highest BCUT2D eigenvalue weighted by atomic mass is 32.1. The zero-order valence-corrected chi connectivity index (χ0v) is 13.4. The summed E-state index contributed by atoms with van der Waals surface area (Å²) in [6.07, 6.45) is 0. The third-order valence-electron chi connectivity index (χ3n) is 2.97. The molecule has 2 rings (SSSR count). The van der Waals surface area contributed by atoms with Crippen molar-refractivity contribution in [1.82, 2.24) is 4.98 Å². The molecule has 108 valence electrons. The molecule has 0 atom stereocenters. The maximum Gasteiger partial charge on any atom is 0.0982 e. The maximum absolute atomic E-state index is 5.22. The Morgan fingerprint density at radius 3 is 2.65 bits per heavy atom. The number of anilines is 1. The number of nitrogens with zero attached hydrogens (tertiary/aromatic N) is 1. The van der Waals surface area contributed by atoms with Gasteiger partial charge in [-0.15, -0.1) is 11.3 Å². The molecule has 4 heteroatoms. The summed E-state index contributed by atoms with van der Waals surface area (Å²) >= 11 is 1.73. The van der Waals surface area contributed by atoms with Crippen LogP contribution in [0, 0.1) is 0 Å². The summed E-state index contributed by atoms with van der Waals surface area (Å²) in [5, 5.41) is 6.75. The number of hydrogen-bond donors (Lipinski definition) is 1. The van der Waals surface area contributed by atoms with Crippen LogP contribution >= 0.6 is 11.3 Å². The Kier molecular flexibility index (Phi) is 4.78. The molecule has 0 bridgehead atoms. The van der Waals surface area contributed by atoms with Crippen LogP contribution in [0.4, 0.5) is 5.69 Å². The van der Waals surface area contributed by atoms with Gasteiger partial charge in [0.25, 0.3) is 0 Å². The van der Waals surface area contributed by atoms with E-state index >= 15 is 0 Å². The van der Waals surface area contributed by atoms with Gasteiger partial charge in [-0.1, -0.05) is 39.0 Å². The van der Waals surface area contributed by atoms with Crippen LogP contribution in [0.2, 0.25) is 0 Å². The van der Waals surface area contributed by atoms with Crippen LogP contribution in [0.15, 0.2) is 29.6 Å². The van der Waals surface area contributed by atoms with E-state index in [0.717, 1.165) is 17.9 Å². The van der Waals surface area contributed by atoms with Gasteiger partial charge in [0, 0.05) is 29.2 Å². The molecule has 0 aliphatic carbocycles. The second kappa shape index (κ2) is 6.37. The molecule has 0 saturated heterocycles. The van der Waals surface area contributed by atoms with Gasteiger partial charge in [0.05, 0.1) is 23.9 Å². The van der Waals surface area contributed by atoms with Gasteiger partial charge in [-0.05, 0) is 6.07 Å². The Morgan fingerprint density at radius 2 is 2.00 bits per heavy atom. The fourth-order valence-electron chi connectivity index (χ4n) is 1.89. The van der Waals surface area contributed by atoms with E-state index in [4.69, 9.17) is 9.72 Å². The summed E-state index contributed by atoms with van der Waals surface area (Å²) in [4.78, 5) is 4.70. The largest absolute Gasteiger partial charge is 0.380 e. The van der Waals surface area contributed by atoms with E-state index in [0.29, 0.717) is 6.61 Å². The molecule has 0 fully saturated rings. The molecule has 0 aliphatic heterocycles. The summed E-state index contributed by atoms with van der Waals surface area (Å²) in [5.41, 5.74) is 3.49. The van der Waals surface area contributed by atoms with Crippen LogP contribution in [0.1, 0.15) is 37.0 Å². The number of para-hydroxylation sites is 1. The van der Waals surface area contributed by atoms with E-state index in [9.17, 15) is 0 Å². The zero-order valence-electron chi connectivity index (χ0n) is 12.6. The average molecular weight is 290 g/mol. The molecule has 1 heterocycles. The van der Waals surface area contributed by atoms with Crippen LogP contribution in [-0.4, -0.2) is 12.1 Å².